The van der Waals surface area contributed by atoms with Gasteiger partial charge in [-0.15, -0.1) is 0 Å². The Labute approximate surface area is 218 Å². The maximum atomic E-state index is 12.9. The van der Waals surface area contributed by atoms with Crippen molar-refractivity contribution >= 4 is 45.9 Å². The highest BCUT2D eigenvalue weighted by atomic mass is 35.5. The van der Waals surface area contributed by atoms with Crippen molar-refractivity contribution in [1.29, 1.82) is 10.7 Å². The number of fused-ring (bicyclic) bond motifs is 1. The second-order valence-corrected chi connectivity index (χ2v) is 9.18. The zero-order chi connectivity index (χ0) is 25.8. The van der Waals surface area contributed by atoms with Crippen molar-refractivity contribution in [3.63, 3.8) is 0 Å². The van der Waals surface area contributed by atoms with Crippen LogP contribution in [0.4, 0.5) is 0 Å². The summed E-state index contributed by atoms with van der Waals surface area (Å²) < 4.78 is 3.39. The number of hydrogen-bond acceptors (Lipinski definition) is 4. The van der Waals surface area contributed by atoms with Gasteiger partial charge in [-0.05, 0) is 55.0 Å². The zero-order valence-corrected chi connectivity index (χ0v) is 21.1. The van der Waals surface area contributed by atoms with Gasteiger partial charge in [-0.1, -0.05) is 41.4 Å². The van der Waals surface area contributed by atoms with Crippen molar-refractivity contribution in [1.82, 2.24) is 14.0 Å². The molecular formula is C27H23Cl2N5O2. The van der Waals surface area contributed by atoms with Gasteiger partial charge >= 0.3 is 0 Å². The molecule has 3 aromatic carbocycles. The van der Waals surface area contributed by atoms with E-state index in [4.69, 9.17) is 28.6 Å². The number of nitriles is 1. The van der Waals surface area contributed by atoms with E-state index in [-0.39, 0.29) is 23.9 Å². The van der Waals surface area contributed by atoms with Crippen LogP contribution in [0.25, 0.3) is 11.0 Å². The number of aryl methyl sites for hydroxylation is 1. The second kappa shape index (κ2) is 10.8. The summed E-state index contributed by atoms with van der Waals surface area (Å²) in [5.41, 5.74) is 2.68. The van der Waals surface area contributed by atoms with Crippen LogP contribution in [0.1, 0.15) is 32.7 Å². The second-order valence-electron chi connectivity index (χ2n) is 8.34. The average molecular weight is 520 g/mol. The summed E-state index contributed by atoms with van der Waals surface area (Å²) in [4.78, 5) is 27.3. The summed E-state index contributed by atoms with van der Waals surface area (Å²) in [5.74, 6) is -0.386. The van der Waals surface area contributed by atoms with Crippen LogP contribution in [0.3, 0.4) is 0 Å². The molecule has 0 aliphatic rings. The van der Waals surface area contributed by atoms with E-state index in [9.17, 15) is 14.9 Å². The molecule has 7 nitrogen and oxygen atoms in total. The van der Waals surface area contributed by atoms with Gasteiger partial charge in [-0.25, -0.2) is 0 Å². The maximum Gasteiger partial charge on any atom is 0.254 e. The first kappa shape index (κ1) is 25.2. The van der Waals surface area contributed by atoms with Gasteiger partial charge in [0.1, 0.15) is 0 Å². The summed E-state index contributed by atoms with van der Waals surface area (Å²) in [7, 11) is 1.68. The molecule has 36 heavy (non-hydrogen) atoms. The Hall–Kier alpha value is -3.86. The van der Waals surface area contributed by atoms with E-state index in [0.29, 0.717) is 57.3 Å². The third-order valence-electron chi connectivity index (χ3n) is 6.01. The minimum atomic E-state index is -0.239. The molecule has 0 unspecified atom stereocenters. The third-order valence-corrected chi connectivity index (χ3v) is 6.56. The predicted molar refractivity (Wildman–Crippen MR) is 139 cm³/mol. The van der Waals surface area contributed by atoms with Crippen LogP contribution >= 0.6 is 23.2 Å². The van der Waals surface area contributed by atoms with E-state index in [1.165, 1.54) is 0 Å². The quantitative estimate of drug-likeness (QED) is 0.326. The Kier molecular flexibility index (Phi) is 7.58. The molecule has 0 spiro atoms. The highest BCUT2D eigenvalue weighted by Crippen LogP contribution is 2.23. The first-order chi connectivity index (χ1) is 17.3. The Morgan fingerprint density at radius 2 is 1.72 bits per heavy atom. The van der Waals surface area contributed by atoms with E-state index >= 15 is 0 Å². The minimum Gasteiger partial charge on any atom is -0.342 e. The number of imidazole rings is 1. The highest BCUT2D eigenvalue weighted by Gasteiger charge is 2.18. The number of carbonyl (C=O) groups is 2. The van der Waals surface area contributed by atoms with E-state index in [1.807, 2.05) is 6.07 Å². The number of ketones is 1. The van der Waals surface area contributed by atoms with E-state index < -0.39 is 0 Å². The van der Waals surface area contributed by atoms with Gasteiger partial charge in [0.15, 0.2) is 5.78 Å². The van der Waals surface area contributed by atoms with Crippen molar-refractivity contribution < 1.29 is 9.59 Å². The molecule has 4 aromatic rings. The first-order valence-electron chi connectivity index (χ1n) is 11.3. The number of benzene rings is 3. The lowest BCUT2D eigenvalue weighted by Gasteiger charge is -2.18. The fourth-order valence-electron chi connectivity index (χ4n) is 4.14. The van der Waals surface area contributed by atoms with Crippen LogP contribution in [-0.2, 0) is 13.1 Å². The van der Waals surface area contributed by atoms with Crippen LogP contribution in [-0.4, -0.2) is 39.3 Å². The van der Waals surface area contributed by atoms with E-state index in [1.54, 1.807) is 81.7 Å². The number of Topliss-reactive ketones (excluding diaryl/α,β-unsaturated/α-hetero) is 1. The van der Waals surface area contributed by atoms with Gasteiger partial charge in [0.25, 0.3) is 5.91 Å². The third kappa shape index (κ3) is 5.06. The van der Waals surface area contributed by atoms with Gasteiger partial charge in [0.05, 0.1) is 39.8 Å². The zero-order valence-electron chi connectivity index (χ0n) is 19.5. The number of carbonyl (C=O) groups excluding carboxylic acids is 2. The van der Waals surface area contributed by atoms with Crippen molar-refractivity contribution in [3.05, 3.63) is 99.1 Å². The summed E-state index contributed by atoms with van der Waals surface area (Å²) in [6.07, 6.45) is 0.545. The lowest BCUT2D eigenvalue weighted by atomic mass is 10.1. The molecule has 1 aromatic heterocycles. The SMILES string of the molecule is CN(CCCn1c(=N)n(CC(=O)c2ccc(Cl)cc2)c2cccc(Cl)c21)C(=O)c1ccccc1C#N. The molecule has 1 heterocycles. The van der Waals surface area contributed by atoms with Crippen molar-refractivity contribution in [3.8, 4) is 6.07 Å². The molecule has 0 aliphatic heterocycles. The van der Waals surface area contributed by atoms with Crippen LogP contribution in [0.2, 0.25) is 10.0 Å². The van der Waals surface area contributed by atoms with Crippen molar-refractivity contribution in [2.75, 3.05) is 13.6 Å². The van der Waals surface area contributed by atoms with Gasteiger partial charge < -0.3 is 14.0 Å². The summed E-state index contributed by atoms with van der Waals surface area (Å²) in [5, 5.41) is 19.1. The molecule has 0 atom stereocenters. The van der Waals surface area contributed by atoms with E-state index in [0.717, 1.165) is 0 Å². The number of amides is 1. The number of nitrogens with zero attached hydrogens (tertiary/aromatic N) is 4. The Bertz CT molecular complexity index is 1550. The van der Waals surface area contributed by atoms with Crippen molar-refractivity contribution in [2.45, 2.75) is 19.5 Å². The molecule has 0 saturated heterocycles. The number of para-hydroxylation sites is 1. The number of halogens is 2. The molecule has 4 rings (SSSR count). The molecule has 0 radical (unpaired) electrons. The van der Waals surface area contributed by atoms with Gasteiger partial charge in [-0.3, -0.25) is 15.0 Å². The largest absolute Gasteiger partial charge is 0.342 e. The topological polar surface area (TPSA) is 94.9 Å². The van der Waals surface area contributed by atoms with E-state index in [2.05, 4.69) is 6.07 Å². The molecule has 1 amide bonds. The Balaban J connectivity index is 1.55. The molecule has 1 N–H and O–H groups in total. The Morgan fingerprint density at radius 1 is 1.00 bits per heavy atom. The highest BCUT2D eigenvalue weighted by molar-refractivity contribution is 6.35. The predicted octanol–water partition coefficient (Wildman–Crippen LogP) is 5.15. The average Bonchev–Trinajstić information content (AvgIpc) is 3.15. The molecule has 0 bridgehead atoms. The summed E-state index contributed by atoms with van der Waals surface area (Å²) in [6.45, 7) is 0.804. The lowest BCUT2D eigenvalue weighted by Crippen LogP contribution is -2.31. The molecule has 9 heteroatoms. The normalized spacial score (nSPS) is 10.8. The van der Waals surface area contributed by atoms with Gasteiger partial charge in [-0.2, -0.15) is 5.26 Å². The van der Waals surface area contributed by atoms with Gasteiger partial charge in [0.2, 0.25) is 5.62 Å². The number of rotatable bonds is 8. The van der Waals surface area contributed by atoms with Crippen LogP contribution in [0.5, 0.6) is 0 Å². The standard InChI is InChI=1S/C27H23Cl2N5O2/c1-32(26(36)21-7-3-2-6-19(21)16-30)14-5-15-33-25-22(29)8-4-9-23(25)34(27(33)31)17-24(35)18-10-12-20(28)13-11-18/h2-4,6-13,31H,5,14-15,17H2,1H3. The number of aromatic nitrogens is 2. The van der Waals surface area contributed by atoms with Crippen LogP contribution < -0.4 is 5.62 Å². The summed E-state index contributed by atoms with van der Waals surface area (Å²) >= 11 is 12.4. The van der Waals surface area contributed by atoms with Crippen LogP contribution in [0.15, 0.2) is 66.7 Å². The first-order valence-corrected chi connectivity index (χ1v) is 12.0. The molecule has 0 saturated carbocycles. The smallest absolute Gasteiger partial charge is 0.254 e. The Morgan fingerprint density at radius 3 is 2.44 bits per heavy atom. The molecular weight excluding hydrogens is 497 g/mol. The lowest BCUT2D eigenvalue weighted by molar-refractivity contribution is 0.0791. The number of hydrogen-bond donors (Lipinski definition) is 1. The fourth-order valence-corrected chi connectivity index (χ4v) is 4.54. The van der Waals surface area contributed by atoms with Crippen molar-refractivity contribution in [2.24, 2.45) is 0 Å². The summed E-state index contributed by atoms with van der Waals surface area (Å²) in [6, 6.07) is 20.8. The minimum absolute atomic E-state index is 0.0202. The van der Waals surface area contributed by atoms with Crippen LogP contribution in [0, 0.1) is 16.7 Å². The molecule has 0 aliphatic carbocycles. The van der Waals surface area contributed by atoms with Gasteiger partial charge in [0, 0.05) is 30.7 Å². The molecule has 0 fully saturated rings. The maximum absolute atomic E-state index is 12.9. The fraction of sp³-hybridized carbons (Fsp3) is 0.185. The monoisotopic (exact) mass is 519 g/mol. The number of nitrogens with one attached hydrogen (secondary N) is 1. The molecule has 182 valence electrons.